The number of esters is 1. The van der Waals surface area contributed by atoms with Crippen molar-refractivity contribution in [3.63, 3.8) is 0 Å². The van der Waals surface area contributed by atoms with E-state index in [1.807, 2.05) is 48.9 Å². The van der Waals surface area contributed by atoms with Gasteiger partial charge in [0.05, 0.1) is 17.9 Å². The minimum atomic E-state index is -0.389. The van der Waals surface area contributed by atoms with Gasteiger partial charge in [0.1, 0.15) is 5.75 Å². The third kappa shape index (κ3) is 6.08. The first-order valence-corrected chi connectivity index (χ1v) is 10.8. The number of rotatable bonds is 9. The van der Waals surface area contributed by atoms with Crippen LogP contribution < -0.4 is 10.1 Å². The second kappa shape index (κ2) is 10.6. The first kappa shape index (κ1) is 22.4. The fraction of sp³-hybridized carbons (Fsp3) is 0.273. The Labute approximate surface area is 185 Å². The second-order valence-corrected chi connectivity index (χ2v) is 7.55. The number of para-hydroxylation sites is 1. The highest BCUT2D eigenvalue weighted by Crippen LogP contribution is 2.23. The van der Waals surface area contributed by atoms with Crippen LogP contribution in [0, 0.1) is 0 Å². The van der Waals surface area contributed by atoms with Gasteiger partial charge in [-0.05, 0) is 50.2 Å². The molecule has 3 aromatic rings. The lowest BCUT2D eigenvalue weighted by molar-refractivity contribution is -0.113. The van der Waals surface area contributed by atoms with Crippen LogP contribution in [0.4, 0.5) is 5.69 Å². The van der Waals surface area contributed by atoms with E-state index in [0.29, 0.717) is 28.8 Å². The molecule has 1 atom stereocenters. The molecule has 31 heavy (non-hydrogen) atoms. The SMILES string of the molecule is CCOC(=O)c1ccc(NC(=O)CSc2nnc([C@H](C)Oc3ccccc3)n2C)cc1. The Morgan fingerprint density at radius 1 is 1.10 bits per heavy atom. The van der Waals surface area contributed by atoms with Crippen LogP contribution in [-0.2, 0) is 16.6 Å². The summed E-state index contributed by atoms with van der Waals surface area (Å²) < 4.78 is 12.7. The lowest BCUT2D eigenvalue weighted by Gasteiger charge is -2.14. The molecule has 1 heterocycles. The van der Waals surface area contributed by atoms with Crippen LogP contribution in [0.15, 0.2) is 59.8 Å². The van der Waals surface area contributed by atoms with Gasteiger partial charge in [-0.3, -0.25) is 4.79 Å². The molecule has 0 aliphatic rings. The highest BCUT2D eigenvalue weighted by molar-refractivity contribution is 7.99. The molecule has 1 N–H and O–H groups in total. The molecule has 0 aliphatic heterocycles. The molecule has 0 bridgehead atoms. The number of hydrogen-bond donors (Lipinski definition) is 1. The zero-order valence-corrected chi connectivity index (χ0v) is 18.4. The Bertz CT molecular complexity index is 1020. The average Bonchev–Trinajstić information content (AvgIpc) is 3.14. The number of amides is 1. The van der Waals surface area contributed by atoms with E-state index in [1.165, 1.54) is 11.8 Å². The summed E-state index contributed by atoms with van der Waals surface area (Å²) in [4.78, 5) is 24.0. The second-order valence-electron chi connectivity index (χ2n) is 6.61. The molecule has 0 fully saturated rings. The van der Waals surface area contributed by atoms with Gasteiger partial charge in [0, 0.05) is 12.7 Å². The Kier molecular flexibility index (Phi) is 7.66. The highest BCUT2D eigenvalue weighted by Gasteiger charge is 2.18. The number of aromatic nitrogens is 3. The molecule has 9 heteroatoms. The zero-order valence-electron chi connectivity index (χ0n) is 17.6. The Balaban J connectivity index is 1.53. The van der Waals surface area contributed by atoms with E-state index >= 15 is 0 Å². The van der Waals surface area contributed by atoms with E-state index in [2.05, 4.69) is 15.5 Å². The van der Waals surface area contributed by atoms with Crippen molar-refractivity contribution in [2.45, 2.75) is 25.1 Å². The van der Waals surface area contributed by atoms with Crippen molar-refractivity contribution >= 4 is 29.3 Å². The molecule has 1 amide bonds. The van der Waals surface area contributed by atoms with Gasteiger partial charge >= 0.3 is 5.97 Å². The van der Waals surface area contributed by atoms with Crippen molar-refractivity contribution in [2.75, 3.05) is 17.7 Å². The number of anilines is 1. The van der Waals surface area contributed by atoms with E-state index in [1.54, 1.807) is 31.2 Å². The summed E-state index contributed by atoms with van der Waals surface area (Å²) in [5.41, 5.74) is 1.04. The number of thioether (sulfide) groups is 1. The molecular weight excluding hydrogens is 416 g/mol. The molecule has 2 aromatic carbocycles. The molecule has 0 unspecified atom stereocenters. The van der Waals surface area contributed by atoms with Crippen LogP contribution in [0.3, 0.4) is 0 Å². The first-order chi connectivity index (χ1) is 15.0. The molecule has 3 rings (SSSR count). The van der Waals surface area contributed by atoms with Crippen LogP contribution in [-0.4, -0.2) is 39.0 Å². The van der Waals surface area contributed by atoms with Crippen LogP contribution in [0.2, 0.25) is 0 Å². The fourth-order valence-corrected chi connectivity index (χ4v) is 3.51. The maximum Gasteiger partial charge on any atom is 0.338 e. The summed E-state index contributed by atoms with van der Waals surface area (Å²) in [7, 11) is 1.84. The maximum atomic E-state index is 12.3. The molecule has 162 valence electrons. The highest BCUT2D eigenvalue weighted by atomic mass is 32.2. The molecular formula is C22H24N4O4S. The van der Waals surface area contributed by atoms with Gasteiger partial charge in [0.2, 0.25) is 5.91 Å². The molecule has 8 nitrogen and oxygen atoms in total. The minimum absolute atomic E-state index is 0.166. The van der Waals surface area contributed by atoms with Gasteiger partial charge in [-0.1, -0.05) is 30.0 Å². The summed E-state index contributed by atoms with van der Waals surface area (Å²) in [6, 6.07) is 16.1. The number of ether oxygens (including phenoxy) is 2. The van der Waals surface area contributed by atoms with E-state index in [4.69, 9.17) is 9.47 Å². The van der Waals surface area contributed by atoms with E-state index in [0.717, 1.165) is 5.75 Å². The fourth-order valence-electron chi connectivity index (χ4n) is 2.79. The summed E-state index contributed by atoms with van der Waals surface area (Å²) >= 11 is 1.28. The van der Waals surface area contributed by atoms with Crippen LogP contribution in [0.5, 0.6) is 5.75 Å². The summed E-state index contributed by atoms with van der Waals surface area (Å²) in [5.74, 6) is 1.01. The third-order valence-corrected chi connectivity index (χ3v) is 5.32. The Hall–Kier alpha value is -3.33. The molecule has 0 saturated heterocycles. The number of nitrogens with one attached hydrogen (secondary N) is 1. The molecule has 0 aliphatic carbocycles. The van der Waals surface area contributed by atoms with E-state index in [-0.39, 0.29) is 23.7 Å². The molecule has 0 saturated carbocycles. The summed E-state index contributed by atoms with van der Waals surface area (Å²) in [5, 5.41) is 11.8. The topological polar surface area (TPSA) is 95.3 Å². The van der Waals surface area contributed by atoms with Crippen molar-refractivity contribution in [3.05, 3.63) is 66.0 Å². The summed E-state index contributed by atoms with van der Waals surface area (Å²) in [6.45, 7) is 3.97. The largest absolute Gasteiger partial charge is 0.483 e. The standard InChI is InChI=1S/C22H24N4O4S/c1-4-29-21(28)16-10-12-17(13-11-16)23-19(27)14-31-22-25-24-20(26(22)3)15(2)30-18-8-6-5-7-9-18/h5-13,15H,4,14H2,1-3H3,(H,23,27)/t15-/m0/s1. The van der Waals surface area contributed by atoms with Crippen LogP contribution in [0.1, 0.15) is 36.1 Å². The van der Waals surface area contributed by atoms with Crippen LogP contribution >= 0.6 is 11.8 Å². The van der Waals surface area contributed by atoms with Gasteiger partial charge in [-0.2, -0.15) is 0 Å². The monoisotopic (exact) mass is 440 g/mol. The number of carbonyl (C=O) groups is 2. The van der Waals surface area contributed by atoms with Gasteiger partial charge in [-0.25, -0.2) is 4.79 Å². The van der Waals surface area contributed by atoms with Gasteiger partial charge < -0.3 is 19.4 Å². The predicted octanol–water partition coefficient (Wildman–Crippen LogP) is 3.86. The lowest BCUT2D eigenvalue weighted by atomic mass is 10.2. The number of nitrogens with zero attached hydrogens (tertiary/aromatic N) is 3. The van der Waals surface area contributed by atoms with E-state index < -0.39 is 0 Å². The van der Waals surface area contributed by atoms with Gasteiger partial charge in [0.25, 0.3) is 0 Å². The minimum Gasteiger partial charge on any atom is -0.483 e. The number of benzene rings is 2. The van der Waals surface area contributed by atoms with Crippen molar-refractivity contribution in [1.82, 2.24) is 14.8 Å². The average molecular weight is 441 g/mol. The molecule has 0 spiro atoms. The Morgan fingerprint density at radius 2 is 1.81 bits per heavy atom. The number of hydrogen-bond acceptors (Lipinski definition) is 7. The van der Waals surface area contributed by atoms with E-state index in [9.17, 15) is 9.59 Å². The molecule has 0 radical (unpaired) electrons. The number of carbonyl (C=O) groups excluding carboxylic acids is 2. The normalized spacial score (nSPS) is 11.6. The smallest absolute Gasteiger partial charge is 0.338 e. The van der Waals surface area contributed by atoms with Crippen molar-refractivity contribution in [3.8, 4) is 5.75 Å². The quantitative estimate of drug-likeness (QED) is 0.399. The maximum absolute atomic E-state index is 12.3. The van der Waals surface area contributed by atoms with Crippen LogP contribution in [0.25, 0.3) is 0 Å². The first-order valence-electron chi connectivity index (χ1n) is 9.78. The van der Waals surface area contributed by atoms with Crippen molar-refractivity contribution in [2.24, 2.45) is 7.05 Å². The zero-order chi connectivity index (χ0) is 22.2. The molecule has 1 aromatic heterocycles. The van der Waals surface area contributed by atoms with Crippen molar-refractivity contribution in [1.29, 1.82) is 0 Å². The summed E-state index contributed by atoms with van der Waals surface area (Å²) in [6.07, 6.45) is -0.291. The van der Waals surface area contributed by atoms with Gasteiger partial charge in [0.15, 0.2) is 17.1 Å². The lowest BCUT2D eigenvalue weighted by Crippen LogP contribution is -2.15. The van der Waals surface area contributed by atoms with Gasteiger partial charge in [-0.15, -0.1) is 10.2 Å². The predicted molar refractivity (Wildman–Crippen MR) is 118 cm³/mol. The Morgan fingerprint density at radius 3 is 2.48 bits per heavy atom. The van der Waals surface area contributed by atoms with Crippen molar-refractivity contribution < 1.29 is 19.1 Å². The third-order valence-electron chi connectivity index (χ3n) is 4.30.